The smallest absolute Gasteiger partial charge is 0.254 e. The van der Waals surface area contributed by atoms with E-state index in [2.05, 4.69) is 0 Å². The number of ether oxygens (including phenoxy) is 2. The Morgan fingerprint density at radius 3 is 1.20 bits per heavy atom. The molecule has 1 atom stereocenters. The molecule has 2 aliphatic heterocycles. The predicted molar refractivity (Wildman–Crippen MR) is 373 cm³/mol. The van der Waals surface area contributed by atoms with Crippen LogP contribution in [-0.4, -0.2) is 198 Å². The van der Waals surface area contributed by atoms with Crippen molar-refractivity contribution in [2.75, 3.05) is 0 Å². The second-order valence-corrected chi connectivity index (χ2v) is 24.8. The molecule has 27 heteroatoms. The van der Waals surface area contributed by atoms with E-state index in [1.165, 1.54) is 0 Å². The maximum atomic E-state index is 7.68. The molecule has 1 aromatic heterocycles. The molecule has 344 valence electrons. The first-order valence-corrected chi connectivity index (χ1v) is 28.2. The second kappa shape index (κ2) is 19.4. The van der Waals surface area contributed by atoms with Crippen LogP contribution in [0.1, 0.15) is 93.7 Å². The third-order valence-corrected chi connectivity index (χ3v) is 21.1. The highest BCUT2D eigenvalue weighted by atomic mass is 16.5. The molecule has 0 N–H and O–H groups in total. The molecule has 3 nitrogen and oxygen atoms in total. The predicted octanol–water partition coefficient (Wildman–Crippen LogP) is -13.4. The van der Waals surface area contributed by atoms with Crippen LogP contribution in [0.25, 0.3) is 44.2 Å². The molecule has 0 saturated heterocycles. The Kier molecular flexibility index (Phi) is 13.3. The van der Waals surface area contributed by atoms with Gasteiger partial charge >= 0.3 is 0 Å². The van der Waals surface area contributed by atoms with Gasteiger partial charge in [-0.2, -0.15) is 0 Å². The highest BCUT2D eigenvalue weighted by molar-refractivity contribution is 6.98. The zero-order chi connectivity index (χ0) is 59.9. The summed E-state index contributed by atoms with van der Waals surface area (Å²) in [7, 11) is 163. The van der Waals surface area contributed by atoms with E-state index in [0.29, 0.717) is 45.1 Å². The molecule has 6 aromatic carbocycles. The van der Waals surface area contributed by atoms with Gasteiger partial charge in [0, 0.05) is 22.2 Å². The monoisotopic (exact) mass is 1020 g/mol. The fourth-order valence-corrected chi connectivity index (χ4v) is 16.6. The van der Waals surface area contributed by atoms with Gasteiger partial charge in [-0.3, -0.25) is 0 Å². The van der Waals surface area contributed by atoms with Gasteiger partial charge in [-0.15, -0.1) is 54.6 Å². The van der Waals surface area contributed by atoms with E-state index in [9.17, 15) is 0 Å². The van der Waals surface area contributed by atoms with E-state index < -0.39 is 23.6 Å². The number of rotatable bonds is 5. The molecule has 16 rings (SSSR count). The van der Waals surface area contributed by atoms with Crippen LogP contribution >= 0.6 is 0 Å². The van der Waals surface area contributed by atoms with Crippen molar-refractivity contribution in [2.45, 2.75) is 94.0 Å². The van der Waals surface area contributed by atoms with Gasteiger partial charge in [-0.05, 0) is 166 Å². The number of benzene rings is 6. The lowest BCUT2D eigenvalue weighted by Gasteiger charge is -2.50. The van der Waals surface area contributed by atoms with E-state index >= 15 is 0 Å². The third kappa shape index (κ3) is 7.23. The highest BCUT2D eigenvalue weighted by Gasteiger charge is 2.53. The normalized spacial score (nSPS) is 22.9. The van der Waals surface area contributed by atoms with E-state index in [1.54, 1.807) is 4.57 Å². The van der Waals surface area contributed by atoms with Crippen molar-refractivity contribution in [1.29, 1.82) is 0 Å². The van der Waals surface area contributed by atoms with Gasteiger partial charge in [0.05, 0.1) is 0 Å². The Balaban J connectivity index is 1.11. The first-order chi connectivity index (χ1) is 39.7. The van der Waals surface area contributed by atoms with E-state index in [0.717, 1.165) is 77.0 Å². The van der Waals surface area contributed by atoms with Crippen LogP contribution in [0.3, 0.4) is 0 Å². The summed E-state index contributed by atoms with van der Waals surface area (Å²) in [5.74, 6) is 1.17. The minimum atomic E-state index is -1.23. The van der Waals surface area contributed by atoms with Crippen molar-refractivity contribution in [2.24, 2.45) is 11.8 Å². The van der Waals surface area contributed by atoms with Crippen LogP contribution < -0.4 is 135 Å². The first-order valence-electron chi connectivity index (χ1n) is 28.2. The van der Waals surface area contributed by atoms with Crippen LogP contribution in [0.15, 0.2) is 16.4 Å². The van der Waals surface area contributed by atoms with Crippen molar-refractivity contribution in [3.8, 4) is 34.1 Å². The lowest BCUT2D eigenvalue weighted by atomic mass is 9.30. The summed E-state index contributed by atoms with van der Waals surface area (Å²) in [6.45, 7) is -1.10. The topological polar surface area (TPSA) is 23.4 Å². The molecule has 6 saturated carbocycles. The Morgan fingerprint density at radius 2 is 0.726 bits per heavy atom. The van der Waals surface area contributed by atoms with Gasteiger partial charge in [-0.1, -0.05) is 60.1 Å². The van der Waals surface area contributed by atoms with Crippen molar-refractivity contribution < 1.29 is 9.47 Å². The lowest BCUT2D eigenvalue weighted by Crippen LogP contribution is -2.65. The summed E-state index contributed by atoms with van der Waals surface area (Å²) in [4.78, 5) is 0. The summed E-state index contributed by atoms with van der Waals surface area (Å²) in [6.07, 6.45) is 9.46. The molecule has 4 bridgehead atoms. The molecule has 84 heavy (non-hydrogen) atoms. The molecule has 0 spiro atoms. The fourth-order valence-electron chi connectivity index (χ4n) is 16.6. The molecule has 46 radical (unpaired) electrons. The number of hydrogen-bond acceptors (Lipinski definition) is 2. The molecule has 7 aromatic rings. The Labute approximate surface area is 523 Å². The number of fused-ring (bicyclic) bond motifs is 13. The first kappa shape index (κ1) is 57.5. The molecule has 1 unspecified atom stereocenters. The van der Waals surface area contributed by atoms with Crippen molar-refractivity contribution >= 4 is 340 Å². The maximum Gasteiger partial charge on any atom is 0.254 e. The van der Waals surface area contributed by atoms with Gasteiger partial charge in [0.2, 0.25) is 0 Å². The Hall–Kier alpha value is -4.24. The van der Waals surface area contributed by atoms with Gasteiger partial charge < -0.3 is 14.0 Å². The number of aromatic nitrogens is 1. The summed E-state index contributed by atoms with van der Waals surface area (Å²) in [5.41, 5.74) is 4.04. The largest absolute Gasteiger partial charge is 0.483 e. The van der Waals surface area contributed by atoms with Crippen LogP contribution in [0.4, 0.5) is 0 Å². The summed E-state index contributed by atoms with van der Waals surface area (Å²) >= 11 is 0. The molecule has 7 aliphatic carbocycles. The summed E-state index contributed by atoms with van der Waals surface area (Å²) in [5, 5.41) is 0.423. The Morgan fingerprint density at radius 1 is 0.345 bits per heavy atom. The van der Waals surface area contributed by atoms with Crippen molar-refractivity contribution in [3.63, 3.8) is 0 Å². The van der Waals surface area contributed by atoms with Crippen molar-refractivity contribution in [1.82, 2.24) is 4.57 Å². The summed E-state index contributed by atoms with van der Waals surface area (Å²) in [6, 6.07) is 0. The quantitative estimate of drug-likeness (QED) is 0.160. The van der Waals surface area contributed by atoms with Crippen LogP contribution in [0, 0.1) is 11.8 Å². The zero-order valence-corrected chi connectivity index (χ0v) is 46.3. The van der Waals surface area contributed by atoms with E-state index in [4.69, 9.17) is 190 Å². The Bertz CT molecular complexity index is 4250. The number of allylic oxidation sites excluding steroid dienone is 2. The van der Waals surface area contributed by atoms with E-state index in [-0.39, 0.29) is 187 Å². The molecule has 9 aliphatic rings. The molecular formula is C57H27B24NO2. The van der Waals surface area contributed by atoms with Gasteiger partial charge in [0.1, 0.15) is 204 Å². The van der Waals surface area contributed by atoms with Gasteiger partial charge in [0.25, 0.3) is 6.71 Å². The highest BCUT2D eigenvalue weighted by Crippen LogP contribution is 2.55. The molecular weight excluding hydrogens is 990 g/mol. The zero-order valence-electron chi connectivity index (χ0n) is 46.3. The van der Waals surface area contributed by atoms with E-state index in [1.807, 2.05) is 0 Å². The fraction of sp³-hybridized carbons (Fsp3) is 0.298. The number of hydrogen-bond donors (Lipinski definition) is 0. The summed E-state index contributed by atoms with van der Waals surface area (Å²) < 4.78 is 16.2. The second-order valence-electron chi connectivity index (χ2n) is 24.8. The average Bonchev–Trinajstić information content (AvgIpc) is 1.36. The lowest BCUT2D eigenvalue weighted by molar-refractivity contribution is 0.136. The van der Waals surface area contributed by atoms with Crippen LogP contribution in [0.5, 0.6) is 17.2 Å². The van der Waals surface area contributed by atoms with Crippen molar-refractivity contribution in [3.05, 3.63) is 33.1 Å². The van der Waals surface area contributed by atoms with Crippen LogP contribution in [0.2, 0.25) is 0 Å². The minimum Gasteiger partial charge on any atom is -0.483 e. The molecule has 6 fully saturated rings. The standard InChI is InChI=1S/C57H27B24NO2/c58-23-15(21(30(65)36(71)32(23)67)56-7-1-13(2-8-56)3-9-56)17-25(60)40(75)47-53(29(17)64)84-55-45(80)51(82-49-18(26(61)34(69)38(73)42(49)77)19-27(62)35(70)39(74)43(78)50(19)82)44(79)54-48(55)81(47)46-41(76)28(63)20(52(46)83-54)16-22(31(66)37(72)33(68)24(16)59)57-10-4-14(5-11-57)6-12-57/h13-14,52H,1-12H2. The SMILES string of the molecule is [B]C1=C2B3c4c([B])c([B])c(-c5c([B])c([B])c([B])c([B])c5C56CCC(CC5)CC6)c([B])c4Oc4c([B])c(-n5c6c([B])c([B])c([B])c([B])c6c6c([B])c([B])c([B])c([B])c65)c([B])c(c43)OC2C(c2c([B])c([B])c([B])c([B])c2C23CCC(CC2)CC3)=C1[B]. The number of nitrogens with zero attached hydrogens (tertiary/aromatic N) is 1. The molecule has 0 amide bonds. The maximum absolute atomic E-state index is 7.68. The molecule has 3 heterocycles. The third-order valence-electron chi connectivity index (χ3n) is 21.1. The van der Waals surface area contributed by atoms with Gasteiger partial charge in [-0.25, -0.2) is 0 Å². The average molecular weight is 1020 g/mol. The minimum absolute atomic E-state index is 0.00420. The van der Waals surface area contributed by atoms with Gasteiger partial charge in [0.15, 0.2) is 0 Å². The van der Waals surface area contributed by atoms with Crippen LogP contribution in [-0.2, 0) is 10.8 Å².